The van der Waals surface area contributed by atoms with Crippen LogP contribution in [0.2, 0.25) is 0 Å². The van der Waals surface area contributed by atoms with Crippen molar-refractivity contribution in [2.24, 2.45) is 5.14 Å². The van der Waals surface area contributed by atoms with Crippen LogP contribution in [0.4, 0.5) is 13.2 Å². The van der Waals surface area contributed by atoms with Gasteiger partial charge in [-0.1, -0.05) is 30.3 Å². The summed E-state index contributed by atoms with van der Waals surface area (Å²) in [6.07, 6.45) is -4.66. The number of nitrogens with two attached hydrogens (primary N) is 1. The highest BCUT2D eigenvalue weighted by Crippen LogP contribution is 2.32. The molecule has 0 aliphatic heterocycles. The number of rotatable bonds is 5. The Hall–Kier alpha value is -2.85. The van der Waals surface area contributed by atoms with Crippen LogP contribution in [0.15, 0.2) is 65.6 Å². The summed E-state index contributed by atoms with van der Waals surface area (Å²) in [5.41, 5.74) is -0.162. The first-order valence-electron chi connectivity index (χ1n) is 7.62. The number of hydrogen-bond donors (Lipinski definition) is 1. The number of alkyl halides is 3. The van der Waals surface area contributed by atoms with Crippen LogP contribution in [0.3, 0.4) is 0 Å². The van der Waals surface area contributed by atoms with Gasteiger partial charge in [-0.3, -0.25) is 0 Å². The largest absolute Gasteiger partial charge is 0.473 e. The number of hydrogen-bond acceptors (Lipinski definition) is 4. The van der Waals surface area contributed by atoms with Crippen molar-refractivity contribution in [3.63, 3.8) is 0 Å². The molecule has 0 radical (unpaired) electrons. The highest BCUT2D eigenvalue weighted by atomic mass is 32.2. The quantitative estimate of drug-likeness (QED) is 0.717. The number of primary sulfonamides is 1. The van der Waals surface area contributed by atoms with Gasteiger partial charge in [-0.25, -0.2) is 18.2 Å². The Morgan fingerprint density at radius 2 is 1.67 bits per heavy atom. The van der Waals surface area contributed by atoms with Gasteiger partial charge in [0.25, 0.3) is 0 Å². The van der Waals surface area contributed by atoms with E-state index in [9.17, 15) is 21.6 Å². The van der Waals surface area contributed by atoms with E-state index >= 15 is 0 Å². The molecule has 0 aliphatic carbocycles. The van der Waals surface area contributed by atoms with Crippen LogP contribution in [0.1, 0.15) is 11.3 Å². The molecule has 1 heterocycles. The second-order valence-electron chi connectivity index (χ2n) is 5.59. The maximum atomic E-state index is 13.1. The predicted octanol–water partition coefficient (Wildman–Crippen LogP) is 3.12. The van der Waals surface area contributed by atoms with Gasteiger partial charge in [0.15, 0.2) is 5.69 Å². The summed E-state index contributed by atoms with van der Waals surface area (Å²) >= 11 is 0. The Labute approximate surface area is 153 Å². The highest BCUT2D eigenvalue weighted by Gasteiger charge is 2.35. The molecule has 0 amide bonds. The van der Waals surface area contributed by atoms with E-state index in [2.05, 4.69) is 5.10 Å². The molecular weight excluding hydrogens is 383 g/mol. The lowest BCUT2D eigenvalue weighted by Gasteiger charge is -2.09. The lowest BCUT2D eigenvalue weighted by Crippen LogP contribution is -2.12. The Bertz CT molecular complexity index is 1030. The summed E-state index contributed by atoms with van der Waals surface area (Å²) in [5.74, 6) is -0.130. The van der Waals surface area contributed by atoms with Crippen molar-refractivity contribution < 1.29 is 26.3 Å². The van der Waals surface area contributed by atoms with Gasteiger partial charge >= 0.3 is 6.18 Å². The molecule has 10 heteroatoms. The molecule has 0 bridgehead atoms. The van der Waals surface area contributed by atoms with Crippen molar-refractivity contribution in [2.75, 3.05) is 0 Å². The fourth-order valence-electron chi connectivity index (χ4n) is 2.30. The molecule has 0 saturated carbocycles. The summed E-state index contributed by atoms with van der Waals surface area (Å²) < 4.78 is 68.3. The normalized spacial score (nSPS) is 12.1. The van der Waals surface area contributed by atoms with Crippen LogP contribution >= 0.6 is 0 Å². The molecule has 0 atom stereocenters. The third-order valence-corrected chi connectivity index (χ3v) is 4.54. The van der Waals surface area contributed by atoms with E-state index in [-0.39, 0.29) is 23.1 Å². The molecule has 0 fully saturated rings. The van der Waals surface area contributed by atoms with Crippen molar-refractivity contribution in [1.29, 1.82) is 0 Å². The molecule has 142 valence electrons. The van der Waals surface area contributed by atoms with Crippen molar-refractivity contribution in [3.8, 4) is 11.6 Å². The van der Waals surface area contributed by atoms with Crippen LogP contribution in [0, 0.1) is 0 Å². The minimum Gasteiger partial charge on any atom is -0.473 e. The van der Waals surface area contributed by atoms with Gasteiger partial charge in [-0.05, 0) is 29.8 Å². The van der Waals surface area contributed by atoms with Gasteiger partial charge in [0.1, 0.15) is 6.61 Å². The molecule has 0 spiro atoms. The third-order valence-electron chi connectivity index (χ3n) is 3.61. The smallest absolute Gasteiger partial charge is 0.435 e. The van der Waals surface area contributed by atoms with Gasteiger partial charge in [0.2, 0.25) is 15.9 Å². The van der Waals surface area contributed by atoms with Gasteiger partial charge in [-0.2, -0.15) is 18.3 Å². The second-order valence-corrected chi connectivity index (χ2v) is 7.15. The Kier molecular flexibility index (Phi) is 4.94. The molecule has 2 N–H and O–H groups in total. The summed E-state index contributed by atoms with van der Waals surface area (Å²) in [6, 6.07) is 14.6. The number of nitrogens with zero attached hydrogens (tertiary/aromatic N) is 2. The summed E-state index contributed by atoms with van der Waals surface area (Å²) in [7, 11) is -3.92. The summed E-state index contributed by atoms with van der Waals surface area (Å²) in [5, 5.41) is 8.57. The lowest BCUT2D eigenvalue weighted by molar-refractivity contribution is -0.141. The third kappa shape index (κ3) is 4.47. The number of sulfonamides is 1. The zero-order valence-electron chi connectivity index (χ0n) is 13.7. The van der Waals surface area contributed by atoms with E-state index < -0.39 is 21.9 Å². The van der Waals surface area contributed by atoms with Gasteiger partial charge in [0, 0.05) is 6.07 Å². The SMILES string of the molecule is NS(=O)(=O)c1ccc(-n2nc(C(F)(F)F)cc2OCc2ccccc2)cc1. The van der Waals surface area contributed by atoms with Crippen molar-refractivity contribution in [1.82, 2.24) is 9.78 Å². The summed E-state index contributed by atoms with van der Waals surface area (Å²) in [4.78, 5) is -0.166. The molecule has 0 aliphatic rings. The number of aromatic nitrogens is 2. The fraction of sp³-hybridized carbons (Fsp3) is 0.118. The van der Waals surface area contributed by atoms with Crippen LogP contribution in [-0.4, -0.2) is 18.2 Å². The number of ether oxygens (including phenoxy) is 1. The Morgan fingerprint density at radius 1 is 1.04 bits per heavy atom. The Morgan fingerprint density at radius 3 is 2.22 bits per heavy atom. The van der Waals surface area contributed by atoms with E-state index in [4.69, 9.17) is 9.88 Å². The zero-order valence-corrected chi connectivity index (χ0v) is 14.5. The van der Waals surface area contributed by atoms with Gasteiger partial charge in [-0.15, -0.1) is 0 Å². The molecule has 3 aromatic rings. The van der Waals surface area contributed by atoms with E-state index in [1.54, 1.807) is 24.3 Å². The molecule has 2 aromatic carbocycles. The molecule has 3 rings (SSSR count). The molecule has 27 heavy (non-hydrogen) atoms. The van der Waals surface area contributed by atoms with Gasteiger partial charge in [0.05, 0.1) is 10.6 Å². The first-order valence-corrected chi connectivity index (χ1v) is 9.16. The first-order chi connectivity index (χ1) is 12.6. The van der Waals surface area contributed by atoms with E-state index in [1.165, 1.54) is 24.3 Å². The van der Waals surface area contributed by atoms with Crippen LogP contribution < -0.4 is 9.88 Å². The van der Waals surface area contributed by atoms with Crippen molar-refractivity contribution in [3.05, 3.63) is 71.9 Å². The fourth-order valence-corrected chi connectivity index (χ4v) is 2.81. The Balaban J connectivity index is 1.96. The molecule has 0 saturated heterocycles. The van der Waals surface area contributed by atoms with Crippen LogP contribution in [-0.2, 0) is 22.8 Å². The van der Waals surface area contributed by atoms with Crippen molar-refractivity contribution >= 4 is 10.0 Å². The highest BCUT2D eigenvalue weighted by molar-refractivity contribution is 7.89. The molecule has 6 nitrogen and oxygen atoms in total. The second kappa shape index (κ2) is 7.05. The number of halogens is 3. The minimum absolute atomic E-state index is 0.0408. The maximum absolute atomic E-state index is 13.1. The van der Waals surface area contributed by atoms with E-state index in [1.807, 2.05) is 6.07 Å². The predicted molar refractivity (Wildman–Crippen MR) is 90.7 cm³/mol. The van der Waals surface area contributed by atoms with E-state index in [0.29, 0.717) is 0 Å². The zero-order chi connectivity index (χ0) is 19.7. The first kappa shape index (κ1) is 18.9. The summed E-state index contributed by atoms with van der Waals surface area (Å²) in [6.45, 7) is 0.0408. The maximum Gasteiger partial charge on any atom is 0.435 e. The standard InChI is InChI=1S/C17H14F3N3O3S/c18-17(19,20)15-10-16(26-11-12-4-2-1-3-5-12)23(22-15)13-6-8-14(9-7-13)27(21,24)25/h1-10H,11H2,(H2,21,24,25). The van der Waals surface area contributed by atoms with Crippen LogP contribution in [0.5, 0.6) is 5.88 Å². The molecule has 1 aromatic heterocycles. The molecule has 0 unspecified atom stereocenters. The van der Waals surface area contributed by atoms with Crippen LogP contribution in [0.25, 0.3) is 5.69 Å². The minimum atomic E-state index is -4.66. The number of benzene rings is 2. The average Bonchev–Trinajstić information content (AvgIpc) is 3.05. The monoisotopic (exact) mass is 397 g/mol. The molecular formula is C17H14F3N3O3S. The average molecular weight is 397 g/mol. The van der Waals surface area contributed by atoms with Gasteiger partial charge < -0.3 is 4.74 Å². The topological polar surface area (TPSA) is 87.2 Å². The van der Waals surface area contributed by atoms with Crippen molar-refractivity contribution in [2.45, 2.75) is 17.7 Å². The van der Waals surface area contributed by atoms with E-state index in [0.717, 1.165) is 16.3 Å². The lowest BCUT2D eigenvalue weighted by atomic mass is 10.2.